The van der Waals surface area contributed by atoms with Crippen LogP contribution >= 0.6 is 0 Å². The van der Waals surface area contributed by atoms with Gasteiger partial charge in [0.15, 0.2) is 0 Å². The standard InChI is InChI=1S/C61H41NO2.C57H39NO2/c1-61(2)55-36-43(42-22-21-38-11-3-4-12-41(38)35-42)27-33-49(55)50-34-32-46(37-56(50)61)62(44-28-23-39(24-29-44)47-15-9-17-53-51-13-5-7-19-57(51)63-59(47)53)45-30-25-40(26-31-45)48-16-10-18-54-52-14-6-8-20-58(52)64-60(48)54;1-57(2)51-34-39(36-12-4-3-5-13-36)26-32-45(51)46-33-31-42(35-52(46)57)58(40-27-22-37(23-28-40)43-16-10-18-49-47-14-6-8-20-53(47)59-55(43)49)41-29-24-38(25-30-41)44-17-11-19-50-48-15-7-9-21-54(48)60-56(44)50/h3-37H,1-2H3;3-35H,1-2H3. The number of benzene rings is 19. The first-order valence-corrected chi connectivity index (χ1v) is 42.7. The van der Waals surface area contributed by atoms with Crippen LogP contribution in [0.5, 0.6) is 0 Å². The number of fused-ring (bicyclic) bond motifs is 19. The molecule has 0 bridgehead atoms. The monoisotopic (exact) mass is 1590 g/mol. The third-order valence-electron chi connectivity index (χ3n) is 26.4. The van der Waals surface area contributed by atoms with Crippen molar-refractivity contribution in [2.24, 2.45) is 0 Å². The minimum atomic E-state index is -0.219. The van der Waals surface area contributed by atoms with Gasteiger partial charge in [-0.25, -0.2) is 0 Å². The lowest BCUT2D eigenvalue weighted by atomic mass is 9.81. The molecule has 0 fully saturated rings. The number of furan rings is 4. The van der Waals surface area contributed by atoms with Crippen molar-refractivity contribution in [1.29, 1.82) is 0 Å². The molecule has 0 atom stereocenters. The third-order valence-corrected chi connectivity index (χ3v) is 26.4. The van der Waals surface area contributed by atoms with Gasteiger partial charge in [0.25, 0.3) is 0 Å². The number of anilines is 6. The maximum Gasteiger partial charge on any atom is 0.143 e. The molecule has 23 aromatic rings. The minimum Gasteiger partial charge on any atom is -0.455 e. The van der Waals surface area contributed by atoms with E-state index in [2.05, 4.69) is 401 Å². The second-order valence-corrected chi connectivity index (χ2v) is 34.1. The van der Waals surface area contributed by atoms with E-state index in [1.54, 1.807) is 0 Å². The van der Waals surface area contributed by atoms with E-state index in [0.29, 0.717) is 0 Å². The predicted molar refractivity (Wildman–Crippen MR) is 517 cm³/mol. The average Bonchev–Trinajstić information content (AvgIpc) is 1.57. The zero-order valence-corrected chi connectivity index (χ0v) is 68.8. The maximum atomic E-state index is 6.47. The van der Waals surface area contributed by atoms with Crippen molar-refractivity contribution in [1.82, 2.24) is 0 Å². The summed E-state index contributed by atoms with van der Waals surface area (Å²) >= 11 is 0. The third kappa shape index (κ3) is 11.8. The zero-order valence-electron chi connectivity index (χ0n) is 68.8. The Bertz CT molecular complexity index is 7910. The van der Waals surface area contributed by atoms with E-state index in [9.17, 15) is 0 Å². The molecule has 2 aliphatic rings. The molecule has 0 aliphatic heterocycles. The van der Waals surface area contributed by atoms with Crippen LogP contribution in [0.4, 0.5) is 34.1 Å². The zero-order chi connectivity index (χ0) is 82.5. The van der Waals surface area contributed by atoms with E-state index in [0.717, 1.165) is 166 Å². The Kier molecular flexibility index (Phi) is 16.6. The van der Waals surface area contributed by atoms with Gasteiger partial charge in [0.05, 0.1) is 0 Å². The number of rotatable bonds is 12. The Morgan fingerprint density at radius 2 is 0.427 bits per heavy atom. The van der Waals surface area contributed by atoms with Crippen LogP contribution in [0.15, 0.2) is 430 Å². The number of para-hydroxylation sites is 8. The SMILES string of the molecule is CC1(C)c2cc(-c3ccc4ccccc4c3)ccc2-c2ccc(N(c3ccc(-c4cccc5c4oc4ccccc45)cc3)c3ccc(-c4cccc5c4oc4ccccc45)cc3)cc21.CC1(C)c2cc(-c3ccccc3)ccc2-c2ccc(N(c3ccc(-c4cccc5c4oc4ccccc45)cc3)c3ccc(-c4cccc5c4oc4ccccc45)cc3)cc21. The molecule has 0 saturated heterocycles. The van der Waals surface area contributed by atoms with E-state index >= 15 is 0 Å². The van der Waals surface area contributed by atoms with Gasteiger partial charge < -0.3 is 27.5 Å². The second kappa shape index (κ2) is 28.5. The topological polar surface area (TPSA) is 59.0 Å². The van der Waals surface area contributed by atoms with Crippen molar-refractivity contribution in [3.63, 3.8) is 0 Å². The smallest absolute Gasteiger partial charge is 0.143 e. The Hall–Kier alpha value is -15.8. The van der Waals surface area contributed by atoms with Gasteiger partial charge in [-0.2, -0.15) is 0 Å². The van der Waals surface area contributed by atoms with Crippen LogP contribution in [0.3, 0.4) is 0 Å². The molecular formula is C118H80N2O4. The van der Waals surface area contributed by atoms with E-state index in [-0.39, 0.29) is 10.8 Å². The summed E-state index contributed by atoms with van der Waals surface area (Å²) in [4.78, 5) is 4.77. The summed E-state index contributed by atoms with van der Waals surface area (Å²) in [6.45, 7) is 9.47. The van der Waals surface area contributed by atoms with Crippen LogP contribution in [0, 0.1) is 0 Å². The normalized spacial score (nSPS) is 13.0. The lowest BCUT2D eigenvalue weighted by molar-refractivity contribution is 0.660. The average molecular weight is 1590 g/mol. The van der Waals surface area contributed by atoms with Crippen molar-refractivity contribution in [2.45, 2.75) is 38.5 Å². The molecule has 0 saturated carbocycles. The quantitative estimate of drug-likeness (QED) is 0.121. The fourth-order valence-electron chi connectivity index (χ4n) is 20.0. The van der Waals surface area contributed by atoms with Crippen molar-refractivity contribution >= 4 is 133 Å². The van der Waals surface area contributed by atoms with Crippen molar-refractivity contribution in [3.05, 3.63) is 435 Å². The summed E-state index contributed by atoms with van der Waals surface area (Å²) in [5.41, 5.74) is 37.6. The van der Waals surface area contributed by atoms with Crippen LogP contribution in [0.25, 0.3) is 188 Å². The van der Waals surface area contributed by atoms with Crippen LogP contribution in [-0.2, 0) is 10.8 Å². The lowest BCUT2D eigenvalue weighted by Gasteiger charge is -2.28. The van der Waals surface area contributed by atoms with Gasteiger partial charge in [-0.3, -0.25) is 0 Å². The summed E-state index contributed by atoms with van der Waals surface area (Å²) in [5.74, 6) is 0. The molecule has 124 heavy (non-hydrogen) atoms. The molecule has 0 N–H and O–H groups in total. The maximum absolute atomic E-state index is 6.47. The Labute approximate surface area is 717 Å². The summed E-state index contributed by atoms with van der Waals surface area (Å²) in [5, 5.41) is 11.6. The summed E-state index contributed by atoms with van der Waals surface area (Å²) < 4.78 is 25.8. The highest BCUT2D eigenvalue weighted by Crippen LogP contribution is 2.55. The minimum absolute atomic E-state index is 0.193. The Morgan fingerprint density at radius 3 is 0.782 bits per heavy atom. The molecule has 6 heteroatoms. The van der Waals surface area contributed by atoms with Gasteiger partial charge in [0, 0.05) is 110 Å². The highest BCUT2D eigenvalue weighted by Gasteiger charge is 2.39. The van der Waals surface area contributed by atoms with Crippen LogP contribution in [0.1, 0.15) is 49.9 Å². The van der Waals surface area contributed by atoms with Crippen LogP contribution in [-0.4, -0.2) is 0 Å². The van der Waals surface area contributed by atoms with Crippen molar-refractivity contribution in [2.75, 3.05) is 9.80 Å². The van der Waals surface area contributed by atoms with Crippen molar-refractivity contribution in [3.8, 4) is 89.0 Å². The first-order chi connectivity index (χ1) is 60.9. The molecule has 0 unspecified atom stereocenters. The van der Waals surface area contributed by atoms with E-state index < -0.39 is 0 Å². The molecule has 2 aliphatic carbocycles. The van der Waals surface area contributed by atoms with E-state index in [4.69, 9.17) is 17.7 Å². The van der Waals surface area contributed by atoms with Crippen LogP contribution < -0.4 is 9.80 Å². The molecule has 0 spiro atoms. The number of nitrogens with zero attached hydrogens (tertiary/aromatic N) is 2. The highest BCUT2D eigenvalue weighted by atomic mass is 16.3. The fourth-order valence-corrected chi connectivity index (χ4v) is 20.0. The second-order valence-electron chi connectivity index (χ2n) is 34.1. The molecular weight excluding hydrogens is 1510 g/mol. The fraction of sp³-hybridized carbons (Fsp3) is 0.0508. The largest absolute Gasteiger partial charge is 0.455 e. The molecule has 19 aromatic carbocycles. The number of hydrogen-bond donors (Lipinski definition) is 0. The Balaban J connectivity index is 0.000000140. The lowest BCUT2D eigenvalue weighted by Crippen LogP contribution is -2.16. The molecule has 586 valence electrons. The van der Waals surface area contributed by atoms with Gasteiger partial charge in [-0.15, -0.1) is 0 Å². The van der Waals surface area contributed by atoms with Crippen molar-refractivity contribution < 1.29 is 17.7 Å². The molecule has 6 nitrogen and oxygen atoms in total. The van der Waals surface area contributed by atoms with Gasteiger partial charge >= 0.3 is 0 Å². The molecule has 0 radical (unpaired) electrons. The summed E-state index contributed by atoms with van der Waals surface area (Å²) in [6.07, 6.45) is 0. The van der Waals surface area contributed by atoms with Gasteiger partial charge in [-0.05, 0) is 215 Å². The van der Waals surface area contributed by atoms with Gasteiger partial charge in [0.1, 0.15) is 44.7 Å². The molecule has 0 amide bonds. The number of hydrogen-bond acceptors (Lipinski definition) is 6. The molecule has 25 rings (SSSR count). The first-order valence-electron chi connectivity index (χ1n) is 42.7. The van der Waals surface area contributed by atoms with E-state index in [1.807, 2.05) is 48.5 Å². The highest BCUT2D eigenvalue weighted by molar-refractivity contribution is 6.13. The molecule has 4 aromatic heterocycles. The predicted octanol–water partition coefficient (Wildman–Crippen LogP) is 33.7. The van der Waals surface area contributed by atoms with Gasteiger partial charge in [0.2, 0.25) is 0 Å². The molecule has 4 heterocycles. The van der Waals surface area contributed by atoms with E-state index in [1.165, 1.54) is 77.5 Å². The summed E-state index contributed by atoms with van der Waals surface area (Å²) in [7, 11) is 0. The summed E-state index contributed by atoms with van der Waals surface area (Å²) in [6, 6.07) is 149. The van der Waals surface area contributed by atoms with Gasteiger partial charge in [-0.1, -0.05) is 325 Å². The van der Waals surface area contributed by atoms with Crippen LogP contribution in [0.2, 0.25) is 0 Å². The first kappa shape index (κ1) is 72.3. The Morgan fingerprint density at radius 1 is 0.169 bits per heavy atom.